The highest BCUT2D eigenvalue weighted by atomic mass is 127. The maximum absolute atomic E-state index is 13.3. The Morgan fingerprint density at radius 3 is 2.36 bits per heavy atom. The lowest BCUT2D eigenvalue weighted by Crippen LogP contribution is -2.50. The zero-order valence-electron chi connectivity index (χ0n) is 23.6. The fourth-order valence-electron chi connectivity index (χ4n) is 4.57. The number of anilines is 2. The Morgan fingerprint density at radius 1 is 1.07 bits per heavy atom. The number of benzene rings is 1. The van der Waals surface area contributed by atoms with Gasteiger partial charge in [0.25, 0.3) is 27.0 Å². The van der Waals surface area contributed by atoms with Crippen LogP contribution in [0.25, 0.3) is 22.6 Å². The molecule has 0 saturated carbocycles. The number of imidazole rings is 1. The molecule has 1 fully saturated rings. The van der Waals surface area contributed by atoms with Crippen molar-refractivity contribution in [2.24, 2.45) is 14.1 Å². The first kappa shape index (κ1) is 29.4. The molecule has 1 aliphatic heterocycles. The summed E-state index contributed by atoms with van der Waals surface area (Å²) < 4.78 is 26.7. The summed E-state index contributed by atoms with van der Waals surface area (Å²) in [4.78, 5) is 46.8. The Hall–Kier alpha value is -4.13. The molecule has 0 spiro atoms. The summed E-state index contributed by atoms with van der Waals surface area (Å²) in [6.45, 7) is 6.94. The van der Waals surface area contributed by atoms with E-state index in [1.54, 1.807) is 21.6 Å². The number of ether oxygens (including phenoxy) is 1. The van der Waals surface area contributed by atoms with Gasteiger partial charge in [0.15, 0.2) is 11.2 Å². The monoisotopic (exact) mass is 694 g/mol. The minimum Gasteiger partial charge on any atom is -0.748 e. The quantitative estimate of drug-likeness (QED) is 0.164. The molecule has 4 heterocycles. The predicted octanol–water partition coefficient (Wildman–Crippen LogP) is 2.12. The third kappa shape index (κ3) is 5.65. The largest absolute Gasteiger partial charge is 0.748 e. The second kappa shape index (κ2) is 11.3. The van der Waals surface area contributed by atoms with Gasteiger partial charge in [-0.2, -0.15) is 4.98 Å². The lowest BCUT2D eigenvalue weighted by molar-refractivity contribution is 0.0240. The van der Waals surface area contributed by atoms with E-state index in [4.69, 9.17) is 9.15 Å². The Kier molecular flexibility index (Phi) is 7.88. The van der Waals surface area contributed by atoms with E-state index in [2.05, 4.69) is 15.2 Å². The van der Waals surface area contributed by atoms with Gasteiger partial charge in [0.05, 0.1) is 0 Å². The summed E-state index contributed by atoms with van der Waals surface area (Å²) >= 11 is -1.88. The first-order chi connectivity index (χ1) is 19.9. The molecule has 0 N–H and O–H groups in total. The highest BCUT2D eigenvalue weighted by Crippen LogP contribution is 2.27. The van der Waals surface area contributed by atoms with E-state index in [-0.39, 0.29) is 35.2 Å². The van der Waals surface area contributed by atoms with Crippen molar-refractivity contribution in [2.45, 2.75) is 32.9 Å². The molecule has 0 aliphatic carbocycles. The summed E-state index contributed by atoms with van der Waals surface area (Å²) in [6.07, 6.45) is -0.407. The number of rotatable bonds is 6. The van der Waals surface area contributed by atoms with E-state index in [0.717, 1.165) is 4.57 Å². The van der Waals surface area contributed by atoms with E-state index >= 15 is 0 Å². The van der Waals surface area contributed by atoms with Gasteiger partial charge in [-0.15, -0.1) is 10.2 Å². The maximum atomic E-state index is 13.3. The van der Waals surface area contributed by atoms with Crippen LogP contribution in [-0.2, 0) is 28.4 Å². The Balaban J connectivity index is 1.48. The molecule has 3 aromatic heterocycles. The van der Waals surface area contributed by atoms with Crippen molar-refractivity contribution in [3.63, 3.8) is 0 Å². The van der Waals surface area contributed by atoms with Crippen LogP contribution in [0.1, 0.15) is 26.7 Å². The van der Waals surface area contributed by atoms with E-state index in [9.17, 15) is 22.7 Å². The number of halogens is 1. The lowest BCUT2D eigenvalue weighted by Gasteiger charge is -2.36. The number of fused-ring (bicyclic) bond motifs is 1. The number of carbonyl (C=O) groups is 1. The zero-order valence-corrected chi connectivity index (χ0v) is 25.8. The van der Waals surface area contributed by atoms with Crippen LogP contribution in [-0.4, -0.2) is 71.7 Å². The van der Waals surface area contributed by atoms with Crippen molar-refractivity contribution in [1.82, 2.24) is 33.8 Å². The topological polar surface area (TPSA) is 177 Å². The van der Waals surface area contributed by atoms with Gasteiger partial charge in [0.1, 0.15) is 12.1 Å². The third-order valence-electron chi connectivity index (χ3n) is 6.68. The van der Waals surface area contributed by atoms with Crippen molar-refractivity contribution >= 4 is 50.4 Å². The van der Waals surface area contributed by atoms with Crippen LogP contribution in [0.5, 0.6) is 0 Å². The first-order valence-electron chi connectivity index (χ1n) is 12.9. The molecule has 16 nitrogen and oxygen atoms in total. The van der Waals surface area contributed by atoms with Crippen molar-refractivity contribution in [3.8, 4) is 11.5 Å². The van der Waals surface area contributed by atoms with Crippen LogP contribution in [0, 0.1) is 5.21 Å². The second-order valence-electron chi connectivity index (χ2n) is 10.7. The fourth-order valence-corrected chi connectivity index (χ4v) is 5.12. The molecule has 0 unspecified atom stereocenters. The maximum Gasteiger partial charge on any atom is 0.410 e. The highest BCUT2D eigenvalue weighted by Gasteiger charge is 2.30. The van der Waals surface area contributed by atoms with E-state index < -0.39 is 44.4 Å². The molecule has 0 radical (unpaired) electrons. The van der Waals surface area contributed by atoms with Gasteiger partial charge in [-0.05, 0) is 45.0 Å². The number of aromatic nitrogens is 6. The van der Waals surface area contributed by atoms with Crippen LogP contribution in [0.2, 0.25) is 0 Å². The van der Waals surface area contributed by atoms with Gasteiger partial charge in [0, 0.05) is 51.5 Å². The normalized spacial score (nSPS) is 14.0. The number of piperazine rings is 1. The number of nitrogens with zero attached hydrogens (tertiary/aromatic N) is 9. The number of hydrogen-bond donors (Lipinski definition) is 0. The molecule has 1 aliphatic rings. The molecule has 17 heteroatoms. The standard InChI is InChI=1S/C25H29IN9O7/c1-25(2,3)42-24(38)33-12-10-32(11-13-33)22-27-19-18(21(36)31(5)23(37)30(19)4)34(22)14-17-28-29-20(41-17)15-6-8-16(9-7-15)35(40)26-39/h6-9H,10-14H2,1-5H3/q-1. The summed E-state index contributed by atoms with van der Waals surface area (Å²) in [5.41, 5.74) is -0.481. The van der Waals surface area contributed by atoms with Crippen molar-refractivity contribution < 1.29 is 17.0 Å². The molecule has 4 aromatic rings. The van der Waals surface area contributed by atoms with Crippen LogP contribution in [0.3, 0.4) is 0 Å². The second-order valence-corrected chi connectivity index (χ2v) is 12.0. The molecular weight excluding hydrogens is 665 g/mol. The zero-order chi connectivity index (χ0) is 30.3. The minimum absolute atomic E-state index is 0.0222. The Labute approximate surface area is 249 Å². The third-order valence-corrected chi connectivity index (χ3v) is 7.60. The van der Waals surface area contributed by atoms with Crippen LogP contribution in [0.15, 0.2) is 38.3 Å². The molecule has 1 amide bonds. The SMILES string of the molecule is Cn1c(=O)c2c(nc(N3CCN(C(=O)OC(C)(C)C)CC3)n2Cc2nnc(-c3ccc(N([O-])I=O)cc3)o2)n(C)c1=O. The summed E-state index contributed by atoms with van der Waals surface area (Å²) in [5, 5.41) is 19.9. The number of carbonyl (C=O) groups excluding carboxylic acids is 1. The highest BCUT2D eigenvalue weighted by molar-refractivity contribution is 14.1. The molecule has 5 rings (SSSR count). The van der Waals surface area contributed by atoms with E-state index in [1.165, 1.54) is 30.8 Å². The molecule has 224 valence electrons. The molecule has 42 heavy (non-hydrogen) atoms. The number of aryl methyl sites for hydroxylation is 1. The summed E-state index contributed by atoms with van der Waals surface area (Å²) in [5.74, 6) is 0.768. The summed E-state index contributed by atoms with van der Waals surface area (Å²) in [6, 6.07) is 6.22. The minimum atomic E-state index is -1.88. The smallest absolute Gasteiger partial charge is 0.410 e. The predicted molar refractivity (Wildman–Crippen MR) is 160 cm³/mol. The average Bonchev–Trinajstić information content (AvgIpc) is 3.59. The molecule has 1 saturated heterocycles. The van der Waals surface area contributed by atoms with Crippen molar-refractivity contribution in [1.29, 1.82) is 0 Å². The van der Waals surface area contributed by atoms with Gasteiger partial charge in [-0.1, -0.05) is 0 Å². The van der Waals surface area contributed by atoms with Gasteiger partial charge >= 0.3 is 11.8 Å². The van der Waals surface area contributed by atoms with Gasteiger partial charge in [-0.25, -0.2) is 12.7 Å². The summed E-state index contributed by atoms with van der Waals surface area (Å²) in [7, 11) is 2.94. The van der Waals surface area contributed by atoms with Crippen molar-refractivity contribution in [3.05, 3.63) is 56.2 Å². The van der Waals surface area contributed by atoms with E-state index in [0.29, 0.717) is 41.0 Å². The first-order valence-corrected chi connectivity index (χ1v) is 14.8. The van der Waals surface area contributed by atoms with Crippen LogP contribution in [0.4, 0.5) is 16.4 Å². The Bertz CT molecular complexity index is 1760. The van der Waals surface area contributed by atoms with Crippen LogP contribution >= 0.6 is 21.5 Å². The molecule has 1 aromatic carbocycles. The van der Waals surface area contributed by atoms with Gasteiger partial charge in [0.2, 0.25) is 17.7 Å². The number of hydrogen-bond acceptors (Lipinski definition) is 11. The van der Waals surface area contributed by atoms with Crippen molar-refractivity contribution in [2.75, 3.05) is 34.4 Å². The van der Waals surface area contributed by atoms with Gasteiger partial charge < -0.3 is 27.4 Å². The van der Waals surface area contributed by atoms with Crippen LogP contribution < -0.4 is 19.4 Å². The molecule has 0 atom stereocenters. The van der Waals surface area contributed by atoms with E-state index in [1.807, 2.05) is 25.7 Å². The van der Waals surface area contributed by atoms with Gasteiger partial charge in [-0.3, -0.25) is 18.5 Å². The fraction of sp³-hybridized carbons (Fsp3) is 0.440. The lowest BCUT2D eigenvalue weighted by atomic mass is 10.2. The molecule has 0 bridgehead atoms. The number of amides is 1. The molecular formula is C25H29IN9O7-. The Morgan fingerprint density at radius 2 is 1.74 bits per heavy atom. The average molecular weight is 694 g/mol.